The molecule has 0 aliphatic heterocycles. The molecule has 3 aromatic carbocycles. The number of fused-ring (bicyclic) bond motifs is 1. The summed E-state index contributed by atoms with van der Waals surface area (Å²) in [5.41, 5.74) is -0.336. The molecule has 0 atom stereocenters. The second kappa shape index (κ2) is 13.1. The maximum Gasteiger partial charge on any atom is 0.446 e. The van der Waals surface area contributed by atoms with E-state index in [0.29, 0.717) is 39.6 Å². The van der Waals surface area contributed by atoms with Gasteiger partial charge in [0, 0.05) is 35.1 Å². The molecule has 1 aliphatic carbocycles. The Balaban J connectivity index is 0.00000216. The number of carbonyl (C=O) groups is 2. The second-order valence-corrected chi connectivity index (χ2v) is 10.3. The lowest BCUT2D eigenvalue weighted by Crippen LogP contribution is -2.35. The zero-order valence-electron chi connectivity index (χ0n) is 24.2. The monoisotopic (exact) mass is 627 g/mol. The van der Waals surface area contributed by atoms with Crippen LogP contribution in [0.5, 0.6) is 28.7 Å². The Morgan fingerprint density at radius 1 is 0.841 bits per heavy atom. The van der Waals surface area contributed by atoms with Gasteiger partial charge in [-0.1, -0.05) is 13.8 Å². The molecule has 232 valence electrons. The fourth-order valence-corrected chi connectivity index (χ4v) is 4.57. The first kappa shape index (κ1) is 32.0. The van der Waals surface area contributed by atoms with Gasteiger partial charge >= 0.3 is 10.4 Å². The van der Waals surface area contributed by atoms with E-state index in [0.717, 1.165) is 18.2 Å². The molecule has 0 bridgehead atoms. The van der Waals surface area contributed by atoms with E-state index in [1.54, 1.807) is 48.7 Å². The van der Waals surface area contributed by atoms with Gasteiger partial charge in [-0.2, -0.15) is 8.42 Å². The van der Waals surface area contributed by atoms with Gasteiger partial charge < -0.3 is 29.0 Å². The quantitative estimate of drug-likeness (QED) is 0.146. The molecule has 0 spiro atoms. The Labute approximate surface area is 253 Å². The molecule has 5 rings (SSSR count). The van der Waals surface area contributed by atoms with Gasteiger partial charge in [0.1, 0.15) is 16.9 Å². The first-order valence-corrected chi connectivity index (χ1v) is 14.8. The Morgan fingerprint density at radius 2 is 1.43 bits per heavy atom. The van der Waals surface area contributed by atoms with Gasteiger partial charge in [-0.15, -0.1) is 0 Å². The molecule has 1 fully saturated rings. The van der Waals surface area contributed by atoms with E-state index >= 15 is 0 Å². The number of aromatic nitrogens is 1. The summed E-state index contributed by atoms with van der Waals surface area (Å²) < 4.78 is 65.5. The van der Waals surface area contributed by atoms with Crippen LogP contribution in [-0.4, -0.2) is 44.0 Å². The topological polar surface area (TPSA) is 162 Å². The highest BCUT2D eigenvalue weighted by Gasteiger charge is 2.56. The lowest BCUT2D eigenvalue weighted by atomic mass is 10.0. The fourth-order valence-electron chi connectivity index (χ4n) is 4.21. The lowest BCUT2D eigenvalue weighted by molar-refractivity contribution is -0.131. The molecule has 14 heteroatoms. The summed E-state index contributed by atoms with van der Waals surface area (Å²) in [5, 5.41) is 5.89. The average molecular weight is 628 g/mol. The smallest absolute Gasteiger partial charge is 0.446 e. The van der Waals surface area contributed by atoms with Crippen LogP contribution in [-0.2, 0) is 20.0 Å². The van der Waals surface area contributed by atoms with Crippen LogP contribution in [0, 0.1) is 11.2 Å². The van der Waals surface area contributed by atoms with Gasteiger partial charge in [0.15, 0.2) is 23.1 Å². The lowest BCUT2D eigenvalue weighted by Gasteiger charge is -2.16. The number of halogens is 1. The van der Waals surface area contributed by atoms with Crippen LogP contribution in [0.2, 0.25) is 0 Å². The Kier molecular flexibility index (Phi) is 9.55. The summed E-state index contributed by atoms with van der Waals surface area (Å²) in [4.78, 5) is 30.3. The number of ether oxygens (including phenoxy) is 3. The average Bonchev–Trinajstić information content (AvgIpc) is 3.82. The SMILES string of the molecule is CC.COc1cc2nccc(Oc3ccc(NC(=O)C4(C(=O)Nc5ccc(F)c(OS(=O)(=O)O)c5)CC4)cc3)c2cc1OC. The molecule has 1 heterocycles. The van der Waals surface area contributed by atoms with E-state index in [-0.39, 0.29) is 18.5 Å². The highest BCUT2D eigenvalue weighted by molar-refractivity contribution is 7.81. The number of nitrogens with one attached hydrogen (secondary N) is 2. The minimum Gasteiger partial charge on any atom is -0.493 e. The van der Waals surface area contributed by atoms with Gasteiger partial charge in [-0.3, -0.25) is 19.1 Å². The van der Waals surface area contributed by atoms with Crippen LogP contribution in [0.1, 0.15) is 26.7 Å². The molecule has 2 amide bonds. The molecular weight excluding hydrogens is 597 g/mol. The first-order chi connectivity index (χ1) is 21.0. The molecule has 1 aromatic heterocycles. The van der Waals surface area contributed by atoms with Gasteiger partial charge in [-0.25, -0.2) is 4.39 Å². The van der Waals surface area contributed by atoms with Crippen molar-refractivity contribution in [3.63, 3.8) is 0 Å². The van der Waals surface area contributed by atoms with E-state index in [1.165, 1.54) is 14.2 Å². The Morgan fingerprint density at radius 3 is 2.02 bits per heavy atom. The minimum absolute atomic E-state index is 0.0275. The van der Waals surface area contributed by atoms with E-state index < -0.39 is 39.2 Å². The molecule has 1 saturated carbocycles. The van der Waals surface area contributed by atoms with Crippen molar-refractivity contribution in [1.29, 1.82) is 0 Å². The predicted molar refractivity (Wildman–Crippen MR) is 160 cm³/mol. The number of hydrogen-bond acceptors (Lipinski definition) is 9. The summed E-state index contributed by atoms with van der Waals surface area (Å²) >= 11 is 0. The van der Waals surface area contributed by atoms with Crippen LogP contribution < -0.4 is 29.0 Å². The molecular formula is C30H30FN3O9S. The summed E-state index contributed by atoms with van der Waals surface area (Å²) in [6, 6.07) is 14.6. The van der Waals surface area contributed by atoms with Gasteiger partial charge in [-0.05, 0) is 61.4 Å². The largest absolute Gasteiger partial charge is 0.493 e. The van der Waals surface area contributed by atoms with Crippen LogP contribution >= 0.6 is 0 Å². The Bertz CT molecular complexity index is 1790. The molecule has 0 radical (unpaired) electrons. The van der Waals surface area contributed by atoms with Crippen molar-refractivity contribution in [3.05, 3.63) is 72.7 Å². The van der Waals surface area contributed by atoms with Gasteiger partial charge in [0.05, 0.1) is 19.7 Å². The summed E-state index contributed by atoms with van der Waals surface area (Å²) in [6.07, 6.45) is 2.14. The zero-order valence-corrected chi connectivity index (χ0v) is 25.0. The summed E-state index contributed by atoms with van der Waals surface area (Å²) in [6.45, 7) is 4.00. The fraction of sp³-hybridized carbons (Fsp3) is 0.233. The number of pyridine rings is 1. The van der Waals surface area contributed by atoms with Crippen molar-refractivity contribution in [1.82, 2.24) is 4.98 Å². The van der Waals surface area contributed by atoms with Crippen molar-refractivity contribution in [3.8, 4) is 28.7 Å². The van der Waals surface area contributed by atoms with Crippen molar-refractivity contribution < 1.29 is 45.3 Å². The number of nitrogens with zero attached hydrogens (tertiary/aromatic N) is 1. The van der Waals surface area contributed by atoms with Crippen LogP contribution in [0.4, 0.5) is 15.8 Å². The third kappa shape index (κ3) is 7.15. The number of carbonyl (C=O) groups excluding carboxylic acids is 2. The number of rotatable bonds is 10. The maximum absolute atomic E-state index is 13.8. The van der Waals surface area contributed by atoms with Crippen LogP contribution in [0.25, 0.3) is 10.9 Å². The standard InChI is InChI=1S/C28H24FN3O9S.C2H6/c1-38-24-14-19-21(15-25(24)39-2)30-12-9-22(19)40-18-6-3-16(4-7-18)31-26(33)28(10-11-28)27(34)32-17-5-8-20(29)23(13-17)41-42(35,36)37;1-2/h3-9,12-15H,10-11H2,1-2H3,(H,31,33)(H,32,34)(H,35,36,37);1-2H3. The summed E-state index contributed by atoms with van der Waals surface area (Å²) in [7, 11) is -1.92. The van der Waals surface area contributed by atoms with Crippen molar-refractivity contribution in [2.45, 2.75) is 26.7 Å². The molecule has 44 heavy (non-hydrogen) atoms. The van der Waals surface area contributed by atoms with E-state index in [2.05, 4.69) is 19.8 Å². The third-order valence-corrected chi connectivity index (χ3v) is 6.94. The van der Waals surface area contributed by atoms with Crippen molar-refractivity contribution in [2.75, 3.05) is 24.9 Å². The molecule has 0 saturated heterocycles. The minimum atomic E-state index is -4.98. The number of hydrogen-bond donors (Lipinski definition) is 3. The number of benzene rings is 3. The van der Waals surface area contributed by atoms with E-state index in [9.17, 15) is 22.4 Å². The molecule has 3 N–H and O–H groups in total. The molecule has 12 nitrogen and oxygen atoms in total. The molecule has 4 aromatic rings. The number of methoxy groups -OCH3 is 2. The highest BCUT2D eigenvalue weighted by Crippen LogP contribution is 2.48. The van der Waals surface area contributed by atoms with E-state index in [1.807, 2.05) is 13.8 Å². The van der Waals surface area contributed by atoms with Crippen molar-refractivity contribution >= 4 is 44.5 Å². The third-order valence-electron chi connectivity index (χ3n) is 6.55. The zero-order chi connectivity index (χ0) is 32.1. The number of amides is 2. The molecule has 1 aliphatic rings. The normalized spacial score (nSPS) is 13.1. The van der Waals surface area contributed by atoms with Crippen molar-refractivity contribution in [2.24, 2.45) is 5.41 Å². The van der Waals surface area contributed by atoms with Gasteiger partial charge in [0.25, 0.3) is 0 Å². The predicted octanol–water partition coefficient (Wildman–Crippen LogP) is 5.75. The van der Waals surface area contributed by atoms with E-state index in [4.69, 9.17) is 18.8 Å². The second-order valence-electron chi connectivity index (χ2n) is 9.31. The molecule has 0 unspecified atom stereocenters. The van der Waals surface area contributed by atoms with Crippen LogP contribution in [0.15, 0.2) is 66.9 Å². The van der Waals surface area contributed by atoms with Gasteiger partial charge in [0.2, 0.25) is 11.8 Å². The number of anilines is 2. The highest BCUT2D eigenvalue weighted by atomic mass is 32.3. The van der Waals surface area contributed by atoms with Crippen LogP contribution in [0.3, 0.4) is 0 Å². The Hall–Kier alpha value is -4.95. The first-order valence-electron chi connectivity index (χ1n) is 13.4. The summed E-state index contributed by atoms with van der Waals surface area (Å²) in [5.74, 6) is -1.05. The maximum atomic E-state index is 13.8.